The maximum Gasteiger partial charge on any atom is 0.418 e. The molecule has 3 aliphatic rings. The Morgan fingerprint density at radius 3 is 2.97 bits per heavy atom. The second-order valence-corrected chi connectivity index (χ2v) is 8.73. The van der Waals surface area contributed by atoms with Crippen LogP contribution in [0.4, 0.5) is 4.79 Å². The lowest BCUT2D eigenvalue weighted by atomic mass is 10.0. The molecule has 2 bridgehead atoms. The first-order valence-electron chi connectivity index (χ1n) is 9.69. The Bertz CT molecular complexity index is 879. The third kappa shape index (κ3) is 4.73. The molecular formula is C16H24N6O7S. The third-order valence-corrected chi connectivity index (χ3v) is 5.92. The van der Waals surface area contributed by atoms with Crippen molar-refractivity contribution >= 4 is 22.3 Å². The number of hydrogen-bond donors (Lipinski definition) is 3. The van der Waals surface area contributed by atoms with Gasteiger partial charge in [0.1, 0.15) is 6.04 Å². The zero-order valence-electron chi connectivity index (χ0n) is 16.1. The van der Waals surface area contributed by atoms with Crippen LogP contribution in [0.1, 0.15) is 19.3 Å². The van der Waals surface area contributed by atoms with Crippen LogP contribution >= 0.6 is 0 Å². The highest BCUT2D eigenvalue weighted by atomic mass is 32.3. The van der Waals surface area contributed by atoms with Crippen LogP contribution in [0.15, 0.2) is 18.5 Å². The van der Waals surface area contributed by atoms with Crippen LogP contribution in [-0.2, 0) is 30.9 Å². The van der Waals surface area contributed by atoms with E-state index in [-0.39, 0.29) is 19.2 Å². The first kappa shape index (κ1) is 21.0. The molecule has 3 fully saturated rings. The molecule has 0 spiro atoms. The van der Waals surface area contributed by atoms with Crippen molar-refractivity contribution in [3.63, 3.8) is 0 Å². The van der Waals surface area contributed by atoms with Gasteiger partial charge in [-0.25, -0.2) is 10.3 Å². The van der Waals surface area contributed by atoms with E-state index in [4.69, 9.17) is 9.39 Å². The first-order chi connectivity index (χ1) is 14.3. The highest BCUT2D eigenvalue weighted by Gasteiger charge is 2.49. The predicted octanol–water partition coefficient (Wildman–Crippen LogP) is -1.09. The van der Waals surface area contributed by atoms with Gasteiger partial charge in [0.15, 0.2) is 0 Å². The van der Waals surface area contributed by atoms with Gasteiger partial charge in [0.25, 0.3) is 5.91 Å². The molecule has 13 nitrogen and oxygen atoms in total. The summed E-state index contributed by atoms with van der Waals surface area (Å²) in [4.78, 5) is 31.4. The molecule has 3 saturated heterocycles. The van der Waals surface area contributed by atoms with Gasteiger partial charge in [-0.1, -0.05) is 0 Å². The lowest BCUT2D eigenvalue weighted by Crippen LogP contribution is -2.50. The van der Waals surface area contributed by atoms with Gasteiger partial charge < -0.3 is 10.2 Å². The Kier molecular flexibility index (Phi) is 5.92. The van der Waals surface area contributed by atoms with Crippen molar-refractivity contribution in [3.05, 3.63) is 18.5 Å². The quantitative estimate of drug-likeness (QED) is 0.335. The van der Waals surface area contributed by atoms with Crippen LogP contribution in [0.5, 0.6) is 0 Å². The number of amides is 3. The topological polar surface area (TPSA) is 155 Å². The van der Waals surface area contributed by atoms with Crippen molar-refractivity contribution in [1.29, 1.82) is 0 Å². The number of hydroxylamine groups is 3. The standard InChI is InChI=1S/C16H24N6O7S/c23-15(14-3-2-13-9-21(14)16(24)22(13)29-30(25,26)27)19-28-10-12-6-11(7-17-12)8-20-5-1-4-18-20/h1,4-5,11-14,17H,2-3,6-10H2,(H,19,23)(H,25,26,27)/t11-,12-,13-,14+/m1/s1. The van der Waals surface area contributed by atoms with Gasteiger partial charge in [-0.3, -0.25) is 18.9 Å². The summed E-state index contributed by atoms with van der Waals surface area (Å²) < 4.78 is 36.9. The van der Waals surface area contributed by atoms with Gasteiger partial charge >= 0.3 is 16.4 Å². The number of nitrogens with one attached hydrogen (secondary N) is 2. The predicted molar refractivity (Wildman–Crippen MR) is 99.6 cm³/mol. The zero-order chi connectivity index (χ0) is 21.3. The van der Waals surface area contributed by atoms with Crippen LogP contribution in [0.2, 0.25) is 0 Å². The number of aromatic nitrogens is 2. The molecule has 3 N–H and O–H groups in total. The number of rotatable bonds is 8. The number of carbonyl (C=O) groups is 2. The van der Waals surface area contributed by atoms with Crippen molar-refractivity contribution in [2.24, 2.45) is 5.92 Å². The van der Waals surface area contributed by atoms with Crippen LogP contribution in [0, 0.1) is 5.92 Å². The van der Waals surface area contributed by atoms with Gasteiger partial charge in [0.05, 0.1) is 12.6 Å². The van der Waals surface area contributed by atoms with E-state index < -0.39 is 34.4 Å². The first-order valence-corrected chi connectivity index (χ1v) is 11.1. The molecule has 1 aromatic heterocycles. The van der Waals surface area contributed by atoms with Crippen LogP contribution < -0.4 is 10.8 Å². The Labute approximate surface area is 173 Å². The molecule has 0 aliphatic carbocycles. The molecule has 4 atom stereocenters. The summed E-state index contributed by atoms with van der Waals surface area (Å²) in [6, 6.07) is -0.153. The molecule has 1 aromatic rings. The molecule has 0 saturated carbocycles. The molecule has 0 aromatic carbocycles. The summed E-state index contributed by atoms with van der Waals surface area (Å²) in [6.07, 6.45) is 5.22. The minimum atomic E-state index is -4.82. The van der Waals surface area contributed by atoms with Gasteiger partial charge in [-0.15, -0.1) is 4.28 Å². The molecule has 0 unspecified atom stereocenters. The highest BCUT2D eigenvalue weighted by Crippen LogP contribution is 2.30. The summed E-state index contributed by atoms with van der Waals surface area (Å²) in [5, 5.41) is 8.15. The molecule has 30 heavy (non-hydrogen) atoms. The third-order valence-electron chi connectivity index (χ3n) is 5.57. The fraction of sp³-hybridized carbons (Fsp3) is 0.688. The number of urea groups is 1. The van der Waals surface area contributed by atoms with E-state index in [1.54, 1.807) is 6.20 Å². The average Bonchev–Trinajstić information content (AvgIpc) is 3.40. The van der Waals surface area contributed by atoms with E-state index in [1.165, 1.54) is 4.90 Å². The summed E-state index contributed by atoms with van der Waals surface area (Å²) in [5.74, 6) is -0.0675. The van der Waals surface area contributed by atoms with Crippen molar-refractivity contribution in [3.8, 4) is 0 Å². The maximum atomic E-state index is 12.5. The molecule has 14 heteroatoms. The molecule has 166 valence electrons. The van der Waals surface area contributed by atoms with Crippen molar-refractivity contribution in [2.75, 3.05) is 19.7 Å². The summed E-state index contributed by atoms with van der Waals surface area (Å²) in [5.41, 5.74) is 2.39. The fourth-order valence-corrected chi connectivity index (χ4v) is 4.62. The Morgan fingerprint density at radius 2 is 2.23 bits per heavy atom. The zero-order valence-corrected chi connectivity index (χ0v) is 16.9. The van der Waals surface area contributed by atoms with Gasteiger partial charge in [0.2, 0.25) is 0 Å². The van der Waals surface area contributed by atoms with E-state index >= 15 is 0 Å². The summed E-state index contributed by atoms with van der Waals surface area (Å²) in [6.45, 7) is 2.05. The van der Waals surface area contributed by atoms with E-state index in [0.717, 1.165) is 19.5 Å². The SMILES string of the molecule is O=C(NOC[C@H]1C[C@@H](Cn2cccn2)CN1)[C@@H]1CC[C@@H]2CN1C(=O)N2OS(=O)(=O)O. The smallest absolute Gasteiger partial charge is 0.311 e. The lowest BCUT2D eigenvalue weighted by Gasteiger charge is -2.29. The molecule has 0 radical (unpaired) electrons. The number of hydrogen-bond acceptors (Lipinski definition) is 8. The van der Waals surface area contributed by atoms with Crippen LogP contribution in [-0.4, -0.2) is 82.5 Å². The maximum absolute atomic E-state index is 12.5. The second kappa shape index (κ2) is 8.47. The van der Waals surface area contributed by atoms with Crippen molar-refractivity contribution in [1.82, 2.24) is 30.5 Å². The molecule has 4 heterocycles. The van der Waals surface area contributed by atoms with Gasteiger partial charge in [-0.05, 0) is 31.2 Å². The number of carbonyl (C=O) groups excluding carboxylic acids is 2. The van der Waals surface area contributed by atoms with E-state index in [2.05, 4.69) is 20.2 Å². The van der Waals surface area contributed by atoms with Crippen molar-refractivity contribution < 1.29 is 31.7 Å². The normalized spacial score (nSPS) is 28.9. The summed E-state index contributed by atoms with van der Waals surface area (Å²) >= 11 is 0. The van der Waals surface area contributed by atoms with Crippen LogP contribution in [0.3, 0.4) is 0 Å². The Morgan fingerprint density at radius 1 is 1.40 bits per heavy atom. The number of piperidine rings is 1. The minimum absolute atomic E-state index is 0.0914. The van der Waals surface area contributed by atoms with Crippen molar-refractivity contribution in [2.45, 2.75) is 43.9 Å². The number of fused-ring (bicyclic) bond motifs is 2. The van der Waals surface area contributed by atoms with E-state index in [1.807, 2.05) is 16.9 Å². The molecular weight excluding hydrogens is 420 g/mol. The second-order valence-electron chi connectivity index (χ2n) is 7.72. The lowest BCUT2D eigenvalue weighted by molar-refractivity contribution is -0.139. The van der Waals surface area contributed by atoms with E-state index in [9.17, 15) is 18.0 Å². The Hall–Kier alpha value is -2.26. The Balaban J connectivity index is 1.22. The monoisotopic (exact) mass is 444 g/mol. The van der Waals surface area contributed by atoms with Gasteiger partial charge in [-0.2, -0.15) is 18.6 Å². The molecule has 3 aliphatic heterocycles. The van der Waals surface area contributed by atoms with Crippen LogP contribution in [0.25, 0.3) is 0 Å². The minimum Gasteiger partial charge on any atom is -0.311 e. The molecule has 3 amide bonds. The van der Waals surface area contributed by atoms with E-state index in [0.29, 0.717) is 23.8 Å². The number of nitrogens with zero attached hydrogens (tertiary/aromatic N) is 4. The highest BCUT2D eigenvalue weighted by molar-refractivity contribution is 7.80. The average molecular weight is 444 g/mol. The largest absolute Gasteiger partial charge is 0.418 e. The fourth-order valence-electron chi connectivity index (χ4n) is 4.23. The van der Waals surface area contributed by atoms with Gasteiger partial charge in [0, 0.05) is 38.1 Å². The molecule has 4 rings (SSSR count). The summed E-state index contributed by atoms with van der Waals surface area (Å²) in [7, 11) is -4.82.